The van der Waals surface area contributed by atoms with Gasteiger partial charge in [-0.3, -0.25) is 4.79 Å². The van der Waals surface area contributed by atoms with Crippen molar-refractivity contribution in [3.63, 3.8) is 0 Å². The zero-order valence-corrected chi connectivity index (χ0v) is 14.1. The number of imidazole rings is 1. The molecule has 0 atom stereocenters. The molecule has 0 aliphatic carbocycles. The largest absolute Gasteiger partial charge is 0.469 e. The van der Waals surface area contributed by atoms with Gasteiger partial charge in [0.2, 0.25) is 5.91 Å². The zero-order valence-electron chi connectivity index (χ0n) is 14.1. The van der Waals surface area contributed by atoms with Crippen LogP contribution >= 0.6 is 0 Å². The highest BCUT2D eigenvalue weighted by molar-refractivity contribution is 5.91. The minimum absolute atomic E-state index is 0.0160. The number of fused-ring (bicyclic) bond motifs is 1. The van der Waals surface area contributed by atoms with Crippen LogP contribution in [0, 0.1) is 0 Å². The zero-order chi connectivity index (χ0) is 17.1. The summed E-state index contributed by atoms with van der Waals surface area (Å²) >= 11 is 0. The van der Waals surface area contributed by atoms with Gasteiger partial charge < -0.3 is 14.3 Å². The maximum Gasteiger partial charge on any atom is 0.224 e. The fraction of sp³-hybridized carbons (Fsp3) is 0.300. The summed E-state index contributed by atoms with van der Waals surface area (Å²) < 4.78 is 7.50. The van der Waals surface area contributed by atoms with E-state index in [2.05, 4.69) is 16.1 Å². The van der Waals surface area contributed by atoms with Crippen LogP contribution in [0.25, 0.3) is 11.3 Å². The summed E-state index contributed by atoms with van der Waals surface area (Å²) in [5, 5.41) is 2.96. The van der Waals surface area contributed by atoms with Gasteiger partial charge in [0, 0.05) is 43.3 Å². The van der Waals surface area contributed by atoms with Crippen molar-refractivity contribution in [2.24, 2.45) is 0 Å². The van der Waals surface area contributed by atoms with Crippen LogP contribution in [0.3, 0.4) is 0 Å². The van der Waals surface area contributed by atoms with Gasteiger partial charge in [0.15, 0.2) is 0 Å². The predicted molar refractivity (Wildman–Crippen MR) is 96.3 cm³/mol. The fourth-order valence-corrected chi connectivity index (χ4v) is 3.22. The Morgan fingerprint density at radius 1 is 1.24 bits per heavy atom. The first-order chi connectivity index (χ1) is 12.3. The third-order valence-electron chi connectivity index (χ3n) is 4.53. The van der Waals surface area contributed by atoms with Crippen LogP contribution < -0.4 is 5.32 Å². The Kier molecular flexibility index (Phi) is 4.37. The number of anilines is 1. The fourth-order valence-electron chi connectivity index (χ4n) is 3.22. The number of nitrogens with one attached hydrogen (secondary N) is 1. The van der Waals surface area contributed by atoms with Crippen LogP contribution in [0.1, 0.15) is 30.8 Å². The Balaban J connectivity index is 1.44. The van der Waals surface area contributed by atoms with E-state index in [9.17, 15) is 4.79 Å². The molecule has 1 aliphatic heterocycles. The molecule has 3 heterocycles. The number of nitrogens with zero attached hydrogens (tertiary/aromatic N) is 2. The molecule has 3 aromatic rings. The van der Waals surface area contributed by atoms with Gasteiger partial charge in [-0.2, -0.15) is 0 Å². The van der Waals surface area contributed by atoms with Crippen molar-refractivity contribution in [1.29, 1.82) is 0 Å². The molecule has 0 bridgehead atoms. The lowest BCUT2D eigenvalue weighted by molar-refractivity contribution is -0.116. The molecule has 5 heteroatoms. The van der Waals surface area contributed by atoms with Gasteiger partial charge in [0.1, 0.15) is 11.6 Å². The number of rotatable bonds is 5. The number of aromatic nitrogens is 2. The quantitative estimate of drug-likeness (QED) is 0.765. The van der Waals surface area contributed by atoms with Crippen molar-refractivity contribution in [3.8, 4) is 11.3 Å². The van der Waals surface area contributed by atoms with Gasteiger partial charge >= 0.3 is 0 Å². The normalized spacial score (nSPS) is 13.4. The average Bonchev–Trinajstić information content (AvgIpc) is 3.29. The van der Waals surface area contributed by atoms with Crippen molar-refractivity contribution >= 4 is 11.6 Å². The highest BCUT2D eigenvalue weighted by Gasteiger charge is 2.13. The Hall–Kier alpha value is -2.82. The van der Waals surface area contributed by atoms with E-state index in [-0.39, 0.29) is 5.91 Å². The Labute approximate surface area is 146 Å². The van der Waals surface area contributed by atoms with Crippen LogP contribution in [0.4, 0.5) is 5.69 Å². The van der Waals surface area contributed by atoms with Crippen molar-refractivity contribution in [2.75, 3.05) is 5.32 Å². The smallest absolute Gasteiger partial charge is 0.224 e. The van der Waals surface area contributed by atoms with Gasteiger partial charge in [0.05, 0.1) is 12.0 Å². The summed E-state index contributed by atoms with van der Waals surface area (Å²) in [5.41, 5.74) is 2.81. The topological polar surface area (TPSA) is 60.1 Å². The number of benzene rings is 1. The van der Waals surface area contributed by atoms with Crippen LogP contribution in [-0.4, -0.2) is 15.5 Å². The molecule has 0 saturated carbocycles. The third-order valence-corrected chi connectivity index (χ3v) is 4.53. The highest BCUT2D eigenvalue weighted by Crippen LogP contribution is 2.25. The van der Waals surface area contributed by atoms with Crippen molar-refractivity contribution < 1.29 is 9.21 Å². The lowest BCUT2D eigenvalue weighted by Crippen LogP contribution is -2.12. The molecule has 4 rings (SSSR count). The second-order valence-corrected chi connectivity index (χ2v) is 6.40. The van der Waals surface area contributed by atoms with E-state index in [1.54, 1.807) is 6.26 Å². The molecular formula is C20H21N3O2. The molecular weight excluding hydrogens is 314 g/mol. The molecule has 128 valence electrons. The lowest BCUT2D eigenvalue weighted by Gasteiger charge is -2.11. The molecule has 25 heavy (non-hydrogen) atoms. The Bertz CT molecular complexity index is 841. The number of aryl methyl sites for hydroxylation is 3. The number of furan rings is 1. The predicted octanol–water partition coefficient (Wildman–Crippen LogP) is 4.05. The van der Waals surface area contributed by atoms with Gasteiger partial charge in [-0.05, 0) is 37.1 Å². The summed E-state index contributed by atoms with van der Waals surface area (Å²) in [6.45, 7) is 1.05. The summed E-state index contributed by atoms with van der Waals surface area (Å²) in [6, 6.07) is 11.6. The molecule has 2 aromatic heterocycles. The first kappa shape index (κ1) is 15.7. The first-order valence-corrected chi connectivity index (χ1v) is 8.77. The lowest BCUT2D eigenvalue weighted by atomic mass is 10.1. The second kappa shape index (κ2) is 6.97. The maximum absolute atomic E-state index is 12.1. The van der Waals surface area contributed by atoms with Crippen LogP contribution in [-0.2, 0) is 24.2 Å². The molecule has 0 unspecified atom stereocenters. The molecule has 1 N–H and O–H groups in total. The molecule has 1 aliphatic rings. The molecule has 0 fully saturated rings. The van der Waals surface area contributed by atoms with Crippen molar-refractivity contribution in [3.05, 3.63) is 60.4 Å². The van der Waals surface area contributed by atoms with Gasteiger partial charge in [-0.15, -0.1) is 0 Å². The Morgan fingerprint density at radius 2 is 2.20 bits per heavy atom. The number of hydrogen-bond donors (Lipinski definition) is 1. The van der Waals surface area contributed by atoms with E-state index in [0.29, 0.717) is 12.8 Å². The monoisotopic (exact) mass is 335 g/mol. The summed E-state index contributed by atoms with van der Waals surface area (Å²) in [4.78, 5) is 16.9. The van der Waals surface area contributed by atoms with E-state index < -0.39 is 0 Å². The number of carbonyl (C=O) groups excluding carboxylic acids is 1. The summed E-state index contributed by atoms with van der Waals surface area (Å²) in [7, 11) is 0. The van der Waals surface area contributed by atoms with Crippen LogP contribution in [0.15, 0.2) is 53.3 Å². The molecule has 0 saturated heterocycles. The van der Waals surface area contributed by atoms with E-state index in [0.717, 1.165) is 41.5 Å². The average molecular weight is 335 g/mol. The highest BCUT2D eigenvalue weighted by atomic mass is 16.3. The standard InChI is InChI=1S/C20H21N3O2/c24-20(10-9-17-7-4-12-25-17)21-16-6-3-5-15(13-16)18-14-23-11-2-1-8-19(23)22-18/h3-7,12-14H,1-2,8-11H2,(H,21,24). The number of carbonyl (C=O) groups is 1. The minimum atomic E-state index is -0.0160. The maximum atomic E-state index is 12.1. The van der Waals surface area contributed by atoms with Gasteiger partial charge in [-0.25, -0.2) is 4.98 Å². The van der Waals surface area contributed by atoms with E-state index in [1.807, 2.05) is 36.4 Å². The summed E-state index contributed by atoms with van der Waals surface area (Å²) in [6.07, 6.45) is 8.22. The molecule has 1 amide bonds. The van der Waals surface area contributed by atoms with Crippen LogP contribution in [0.2, 0.25) is 0 Å². The second-order valence-electron chi connectivity index (χ2n) is 6.40. The van der Waals surface area contributed by atoms with E-state index in [1.165, 1.54) is 12.8 Å². The molecule has 0 spiro atoms. The van der Waals surface area contributed by atoms with Gasteiger partial charge in [-0.1, -0.05) is 12.1 Å². The van der Waals surface area contributed by atoms with E-state index in [4.69, 9.17) is 9.40 Å². The van der Waals surface area contributed by atoms with Crippen LogP contribution in [0.5, 0.6) is 0 Å². The molecule has 0 radical (unpaired) electrons. The van der Waals surface area contributed by atoms with Crippen molar-refractivity contribution in [1.82, 2.24) is 9.55 Å². The Morgan fingerprint density at radius 3 is 3.04 bits per heavy atom. The third kappa shape index (κ3) is 3.65. The number of amides is 1. The first-order valence-electron chi connectivity index (χ1n) is 8.77. The van der Waals surface area contributed by atoms with E-state index >= 15 is 0 Å². The minimum Gasteiger partial charge on any atom is -0.469 e. The van der Waals surface area contributed by atoms with Gasteiger partial charge in [0.25, 0.3) is 0 Å². The molecule has 1 aromatic carbocycles. The summed E-state index contributed by atoms with van der Waals surface area (Å²) in [5.74, 6) is 1.97. The number of hydrogen-bond acceptors (Lipinski definition) is 3. The van der Waals surface area contributed by atoms with Crippen molar-refractivity contribution in [2.45, 2.75) is 38.6 Å². The molecule has 5 nitrogen and oxygen atoms in total. The SMILES string of the molecule is O=C(CCc1ccco1)Nc1cccc(-c2cn3c(n2)CCCC3)c1.